The number of aliphatic imine (C=N–C) groups is 1. The molecule has 0 amide bonds. The molecule has 1 heterocycles. The molecule has 0 fully saturated rings. The van der Waals surface area contributed by atoms with Crippen molar-refractivity contribution < 1.29 is 24.5 Å². The maximum Gasteiger partial charge on any atom is 0.307 e. The van der Waals surface area contributed by atoms with Crippen LogP contribution in [0.1, 0.15) is 18.1 Å². The van der Waals surface area contributed by atoms with Gasteiger partial charge >= 0.3 is 5.97 Å². The molecule has 0 aliphatic carbocycles. The number of carbonyl (C=O) groups is 1. The molecule has 6 nitrogen and oxygen atoms in total. The van der Waals surface area contributed by atoms with Crippen molar-refractivity contribution in [3.63, 3.8) is 0 Å². The van der Waals surface area contributed by atoms with Gasteiger partial charge in [0.1, 0.15) is 18.1 Å². The fraction of sp³-hybridized carbons (Fsp3) is 0.222. The maximum absolute atomic E-state index is 10.9. The van der Waals surface area contributed by atoms with E-state index in [1.165, 1.54) is 6.07 Å². The van der Waals surface area contributed by atoms with Crippen LogP contribution in [0.15, 0.2) is 44.3 Å². The van der Waals surface area contributed by atoms with Crippen molar-refractivity contribution in [1.29, 1.82) is 0 Å². The number of rotatable bonds is 5. The van der Waals surface area contributed by atoms with E-state index >= 15 is 0 Å². The van der Waals surface area contributed by atoms with Crippen molar-refractivity contribution in [1.82, 2.24) is 0 Å². The summed E-state index contributed by atoms with van der Waals surface area (Å²) in [4.78, 5) is 15.2. The summed E-state index contributed by atoms with van der Waals surface area (Å²) in [5.41, 5.74) is 1.10. The number of ether oxygens (including phenoxy) is 2. The first-order chi connectivity index (χ1) is 12.3. The second kappa shape index (κ2) is 7.67. The Bertz CT molecular complexity index is 874. The van der Waals surface area contributed by atoms with Crippen molar-refractivity contribution in [2.75, 3.05) is 6.61 Å². The average molecular weight is 485 g/mol. The second-order valence-corrected chi connectivity index (χ2v) is 7.54. The van der Waals surface area contributed by atoms with Gasteiger partial charge in [0.05, 0.1) is 27.0 Å². The van der Waals surface area contributed by atoms with Gasteiger partial charge in [-0.25, -0.2) is 4.99 Å². The molecule has 2 N–H and O–H groups in total. The zero-order valence-electron chi connectivity index (χ0n) is 13.7. The lowest BCUT2D eigenvalue weighted by atomic mass is 10.1. The number of aliphatic carboxylic acids is 1. The molecule has 8 heteroatoms. The first-order valence-electron chi connectivity index (χ1n) is 7.75. The topological polar surface area (TPSA) is 88.4 Å². The highest BCUT2D eigenvalue weighted by Gasteiger charge is 2.20. The monoisotopic (exact) mass is 483 g/mol. The van der Waals surface area contributed by atoms with Crippen molar-refractivity contribution >= 4 is 43.7 Å². The number of phenols is 1. The summed E-state index contributed by atoms with van der Waals surface area (Å²) in [6, 6.07) is 8.22. The van der Waals surface area contributed by atoms with Gasteiger partial charge in [-0.3, -0.25) is 4.79 Å². The highest BCUT2D eigenvalue weighted by Crippen LogP contribution is 2.39. The summed E-state index contributed by atoms with van der Waals surface area (Å²) in [7, 11) is 0. The minimum atomic E-state index is -0.910. The van der Waals surface area contributed by atoms with Crippen LogP contribution in [0.3, 0.4) is 0 Å². The van der Waals surface area contributed by atoms with Crippen molar-refractivity contribution in [2.24, 2.45) is 4.99 Å². The first kappa shape index (κ1) is 18.7. The fourth-order valence-corrected chi connectivity index (χ4v) is 3.92. The number of halogens is 2. The molecule has 2 aromatic rings. The van der Waals surface area contributed by atoms with Crippen molar-refractivity contribution in [2.45, 2.75) is 19.4 Å². The van der Waals surface area contributed by atoms with Crippen LogP contribution in [-0.4, -0.2) is 34.7 Å². The number of benzene rings is 2. The van der Waals surface area contributed by atoms with E-state index in [0.29, 0.717) is 44.1 Å². The Morgan fingerprint density at radius 2 is 2.00 bits per heavy atom. The molecule has 1 atom stereocenters. The minimum Gasteiger partial charge on any atom is -0.507 e. The molecule has 2 aromatic carbocycles. The van der Waals surface area contributed by atoms with Gasteiger partial charge in [-0.05, 0) is 74.7 Å². The number of hydrogen-bond donors (Lipinski definition) is 2. The van der Waals surface area contributed by atoms with E-state index in [0.717, 1.165) is 0 Å². The van der Waals surface area contributed by atoms with Crippen LogP contribution in [-0.2, 0) is 16.0 Å². The quantitative estimate of drug-likeness (QED) is 0.652. The Morgan fingerprint density at radius 1 is 1.31 bits per heavy atom. The lowest BCUT2D eigenvalue weighted by Gasteiger charge is -2.13. The van der Waals surface area contributed by atoms with Gasteiger partial charge in [0.2, 0.25) is 5.90 Å². The van der Waals surface area contributed by atoms with Crippen LogP contribution in [0, 0.1) is 0 Å². The highest BCUT2D eigenvalue weighted by atomic mass is 79.9. The number of phenolic OH excluding ortho intramolecular Hbond substituents is 1. The molecule has 0 saturated carbocycles. The van der Waals surface area contributed by atoms with Crippen LogP contribution >= 0.6 is 31.9 Å². The molecule has 0 unspecified atom stereocenters. The smallest absolute Gasteiger partial charge is 0.307 e. The molecule has 0 bridgehead atoms. The summed E-state index contributed by atoms with van der Waals surface area (Å²) >= 11 is 6.81. The van der Waals surface area contributed by atoms with E-state index in [1.807, 2.05) is 6.92 Å². The van der Waals surface area contributed by atoms with Gasteiger partial charge in [-0.15, -0.1) is 0 Å². The van der Waals surface area contributed by atoms with Crippen LogP contribution in [0.25, 0.3) is 0 Å². The Morgan fingerprint density at radius 3 is 2.58 bits per heavy atom. The van der Waals surface area contributed by atoms with Gasteiger partial charge in [0, 0.05) is 0 Å². The van der Waals surface area contributed by atoms with E-state index in [-0.39, 0.29) is 18.2 Å². The molecule has 3 rings (SSSR count). The Kier molecular flexibility index (Phi) is 5.52. The number of nitrogens with zero attached hydrogens (tertiary/aromatic N) is 1. The molecular weight excluding hydrogens is 470 g/mol. The molecule has 136 valence electrons. The van der Waals surface area contributed by atoms with E-state index < -0.39 is 5.97 Å². The molecule has 1 aliphatic rings. The molecule has 0 spiro atoms. The molecule has 0 radical (unpaired) electrons. The van der Waals surface area contributed by atoms with Gasteiger partial charge < -0.3 is 19.7 Å². The van der Waals surface area contributed by atoms with Crippen molar-refractivity contribution in [3.8, 4) is 17.2 Å². The Labute approximate surface area is 166 Å². The Balaban J connectivity index is 1.90. The number of carboxylic acid groups (broad SMARTS) is 1. The SMILES string of the molecule is C[C@@H]1COC(c2cc(Oc3c(Br)cc(CC(=O)O)cc3Br)ccc2O)=N1. The van der Waals surface area contributed by atoms with Gasteiger partial charge in [-0.2, -0.15) is 0 Å². The zero-order chi connectivity index (χ0) is 18.8. The van der Waals surface area contributed by atoms with Crippen LogP contribution in [0.5, 0.6) is 17.2 Å². The van der Waals surface area contributed by atoms with Gasteiger partial charge in [0.25, 0.3) is 0 Å². The summed E-state index contributed by atoms with van der Waals surface area (Å²) in [5, 5.41) is 19.0. The summed E-state index contributed by atoms with van der Waals surface area (Å²) < 4.78 is 12.6. The van der Waals surface area contributed by atoms with Crippen LogP contribution in [0.4, 0.5) is 0 Å². The Hall–Kier alpha value is -2.06. The van der Waals surface area contributed by atoms with E-state index in [4.69, 9.17) is 14.6 Å². The fourth-order valence-electron chi connectivity index (χ4n) is 2.48. The van der Waals surface area contributed by atoms with E-state index in [2.05, 4.69) is 36.9 Å². The van der Waals surface area contributed by atoms with Crippen LogP contribution in [0.2, 0.25) is 0 Å². The lowest BCUT2D eigenvalue weighted by Crippen LogP contribution is -2.03. The van der Waals surface area contributed by atoms with Crippen molar-refractivity contribution in [3.05, 3.63) is 50.4 Å². The third-order valence-corrected chi connectivity index (χ3v) is 4.81. The predicted molar refractivity (Wildman–Crippen MR) is 103 cm³/mol. The normalized spacial score (nSPS) is 16.1. The molecular formula is C18H15Br2NO5. The number of aromatic hydroxyl groups is 1. The minimum absolute atomic E-state index is 0.0408. The summed E-state index contributed by atoms with van der Waals surface area (Å²) in [6.07, 6.45) is -0.0871. The molecule has 0 saturated heterocycles. The number of hydrogen-bond acceptors (Lipinski definition) is 5. The second-order valence-electron chi connectivity index (χ2n) is 5.83. The van der Waals surface area contributed by atoms with E-state index in [9.17, 15) is 9.90 Å². The standard InChI is InChI=1S/C18H15Br2NO5/c1-9-8-25-18(21-9)12-7-11(2-3-15(12)22)26-17-13(19)4-10(5-14(17)20)6-16(23)24/h2-5,7,9,22H,6,8H2,1H3,(H,23,24)/t9-/m1/s1. The predicted octanol–water partition coefficient (Wildman–Crippen LogP) is 4.50. The number of carboxylic acids is 1. The third-order valence-electron chi connectivity index (χ3n) is 3.63. The summed E-state index contributed by atoms with van der Waals surface area (Å²) in [6.45, 7) is 2.40. The first-order valence-corrected chi connectivity index (χ1v) is 9.33. The zero-order valence-corrected chi connectivity index (χ0v) is 16.9. The summed E-state index contributed by atoms with van der Waals surface area (Å²) in [5.74, 6) is 0.511. The third kappa shape index (κ3) is 4.19. The molecule has 1 aliphatic heterocycles. The molecule has 0 aromatic heterocycles. The largest absolute Gasteiger partial charge is 0.507 e. The van der Waals surface area contributed by atoms with Gasteiger partial charge in [0.15, 0.2) is 5.75 Å². The highest BCUT2D eigenvalue weighted by molar-refractivity contribution is 9.11. The van der Waals surface area contributed by atoms with Crippen LogP contribution < -0.4 is 4.74 Å². The molecule has 26 heavy (non-hydrogen) atoms. The maximum atomic E-state index is 10.9. The van der Waals surface area contributed by atoms with Gasteiger partial charge in [-0.1, -0.05) is 0 Å². The van der Waals surface area contributed by atoms with E-state index in [1.54, 1.807) is 24.3 Å². The lowest BCUT2D eigenvalue weighted by molar-refractivity contribution is -0.136. The average Bonchev–Trinajstić information content (AvgIpc) is 2.98.